The van der Waals surface area contributed by atoms with Crippen LogP contribution in [0.5, 0.6) is 0 Å². The lowest BCUT2D eigenvalue weighted by molar-refractivity contribution is 0.0951. The van der Waals surface area contributed by atoms with E-state index in [9.17, 15) is 4.79 Å². The van der Waals surface area contributed by atoms with Crippen LogP contribution in [0.2, 0.25) is 0 Å². The zero-order valence-corrected chi connectivity index (χ0v) is 13.6. The summed E-state index contributed by atoms with van der Waals surface area (Å²) in [6.07, 6.45) is 4.76. The van der Waals surface area contributed by atoms with E-state index >= 15 is 0 Å². The number of hydrogen-bond acceptors (Lipinski definition) is 2. The topological polar surface area (TPSA) is 42.2 Å². The number of furan rings is 1. The summed E-state index contributed by atoms with van der Waals surface area (Å²) in [6, 6.07) is 0. The van der Waals surface area contributed by atoms with Crippen LogP contribution >= 0.6 is 22.6 Å². The molecule has 0 aliphatic heterocycles. The van der Waals surface area contributed by atoms with Gasteiger partial charge in [-0.05, 0) is 38.0 Å². The number of carbonyl (C=O) groups is 1. The van der Waals surface area contributed by atoms with E-state index < -0.39 is 0 Å². The maximum Gasteiger partial charge on any atom is 0.255 e. The van der Waals surface area contributed by atoms with E-state index in [4.69, 9.17) is 4.42 Å². The molecule has 1 aromatic heterocycles. The van der Waals surface area contributed by atoms with Gasteiger partial charge in [0.1, 0.15) is 11.5 Å². The lowest BCUT2D eigenvalue weighted by atomic mass is 10.1. The third-order valence-corrected chi connectivity index (χ3v) is 3.90. The molecule has 1 aromatic rings. The lowest BCUT2D eigenvalue weighted by Gasteiger charge is -2.05. The van der Waals surface area contributed by atoms with E-state index in [-0.39, 0.29) is 5.91 Å². The molecule has 1 heterocycles. The molecule has 0 radical (unpaired) electrons. The SMILES string of the molecule is Cc1oc(C)c(C(=O)NCCCCCCI)c1C. The third-order valence-electron chi connectivity index (χ3n) is 3.13. The molecule has 0 unspecified atom stereocenters. The van der Waals surface area contributed by atoms with Crippen LogP contribution in [0.1, 0.15) is 53.1 Å². The van der Waals surface area contributed by atoms with Gasteiger partial charge >= 0.3 is 0 Å². The van der Waals surface area contributed by atoms with Gasteiger partial charge in [0, 0.05) is 12.1 Å². The van der Waals surface area contributed by atoms with Crippen molar-refractivity contribution in [3.05, 3.63) is 22.6 Å². The Morgan fingerprint density at radius 2 is 1.78 bits per heavy atom. The largest absolute Gasteiger partial charge is 0.466 e. The molecule has 1 rings (SSSR count). The number of aryl methyl sites for hydroxylation is 2. The van der Waals surface area contributed by atoms with Gasteiger partial charge in [-0.25, -0.2) is 0 Å². The highest BCUT2D eigenvalue weighted by Gasteiger charge is 2.17. The Kier molecular flexibility index (Phi) is 6.75. The molecule has 18 heavy (non-hydrogen) atoms. The molecular formula is C14H22INO2. The van der Waals surface area contributed by atoms with Crippen LogP contribution in [0, 0.1) is 20.8 Å². The van der Waals surface area contributed by atoms with Gasteiger partial charge in [-0.15, -0.1) is 0 Å². The second-order valence-electron chi connectivity index (χ2n) is 4.57. The minimum Gasteiger partial charge on any atom is -0.466 e. The van der Waals surface area contributed by atoms with Gasteiger partial charge in [0.2, 0.25) is 0 Å². The molecule has 1 amide bonds. The van der Waals surface area contributed by atoms with E-state index in [2.05, 4.69) is 27.9 Å². The first kappa shape index (κ1) is 15.5. The van der Waals surface area contributed by atoms with E-state index in [1.807, 2.05) is 20.8 Å². The van der Waals surface area contributed by atoms with E-state index in [0.717, 1.165) is 24.3 Å². The number of alkyl halides is 1. The van der Waals surface area contributed by atoms with Crippen molar-refractivity contribution in [2.75, 3.05) is 11.0 Å². The van der Waals surface area contributed by atoms with Crippen molar-refractivity contribution in [1.82, 2.24) is 5.32 Å². The zero-order valence-electron chi connectivity index (χ0n) is 11.4. The van der Waals surface area contributed by atoms with E-state index in [1.165, 1.54) is 23.7 Å². The number of unbranched alkanes of at least 4 members (excludes halogenated alkanes) is 3. The van der Waals surface area contributed by atoms with Crippen molar-refractivity contribution in [2.45, 2.75) is 46.5 Å². The van der Waals surface area contributed by atoms with Gasteiger partial charge in [-0.2, -0.15) is 0 Å². The van der Waals surface area contributed by atoms with Crippen molar-refractivity contribution in [3.8, 4) is 0 Å². The standard InChI is InChI=1S/C14H22INO2/c1-10-11(2)18-12(3)13(10)14(17)16-9-7-5-4-6-8-15/h4-9H2,1-3H3,(H,16,17). The Balaban J connectivity index is 2.37. The van der Waals surface area contributed by atoms with Crippen LogP contribution in [0.4, 0.5) is 0 Å². The molecule has 1 N–H and O–H groups in total. The summed E-state index contributed by atoms with van der Waals surface area (Å²) in [6.45, 7) is 6.42. The van der Waals surface area contributed by atoms with Gasteiger partial charge in [0.15, 0.2) is 0 Å². The molecule has 102 valence electrons. The van der Waals surface area contributed by atoms with Crippen LogP contribution < -0.4 is 5.32 Å². The molecule has 0 aliphatic carbocycles. The zero-order chi connectivity index (χ0) is 13.5. The van der Waals surface area contributed by atoms with Gasteiger partial charge in [-0.3, -0.25) is 4.79 Å². The summed E-state index contributed by atoms with van der Waals surface area (Å²) in [5.41, 5.74) is 1.66. The molecule has 0 saturated carbocycles. The van der Waals surface area contributed by atoms with E-state index in [1.54, 1.807) is 0 Å². The van der Waals surface area contributed by atoms with E-state index in [0.29, 0.717) is 11.3 Å². The average Bonchev–Trinajstić information content (AvgIpc) is 2.58. The number of carbonyl (C=O) groups excluding carboxylic acids is 1. The molecule has 4 heteroatoms. The lowest BCUT2D eigenvalue weighted by Crippen LogP contribution is -2.25. The maximum absolute atomic E-state index is 12.0. The van der Waals surface area contributed by atoms with Gasteiger partial charge in [0.05, 0.1) is 5.56 Å². The Morgan fingerprint density at radius 3 is 2.33 bits per heavy atom. The Bertz CT molecular complexity index is 399. The predicted molar refractivity (Wildman–Crippen MR) is 82.6 cm³/mol. The minimum atomic E-state index is -0.00394. The fourth-order valence-electron chi connectivity index (χ4n) is 1.99. The summed E-state index contributed by atoms with van der Waals surface area (Å²) in [5, 5.41) is 2.97. The normalized spacial score (nSPS) is 10.7. The first-order valence-electron chi connectivity index (χ1n) is 6.48. The molecule has 0 saturated heterocycles. The molecule has 0 atom stereocenters. The quantitative estimate of drug-likeness (QED) is 0.453. The fraction of sp³-hybridized carbons (Fsp3) is 0.643. The first-order chi connectivity index (χ1) is 8.57. The number of rotatable bonds is 7. The number of hydrogen-bond donors (Lipinski definition) is 1. The Labute approximate surface area is 123 Å². The molecule has 0 fully saturated rings. The van der Waals surface area contributed by atoms with Crippen LogP contribution in [-0.2, 0) is 0 Å². The summed E-state index contributed by atoms with van der Waals surface area (Å²) in [4.78, 5) is 12.0. The number of halogens is 1. The number of nitrogens with one attached hydrogen (secondary N) is 1. The van der Waals surface area contributed by atoms with Crippen LogP contribution in [-0.4, -0.2) is 16.9 Å². The third kappa shape index (κ3) is 4.30. The number of amides is 1. The highest BCUT2D eigenvalue weighted by molar-refractivity contribution is 14.1. The van der Waals surface area contributed by atoms with Crippen LogP contribution in [0.25, 0.3) is 0 Å². The molecule has 3 nitrogen and oxygen atoms in total. The summed E-state index contributed by atoms with van der Waals surface area (Å²) >= 11 is 2.40. The van der Waals surface area contributed by atoms with Crippen LogP contribution in [0.15, 0.2) is 4.42 Å². The Morgan fingerprint density at radius 1 is 1.11 bits per heavy atom. The smallest absolute Gasteiger partial charge is 0.255 e. The second kappa shape index (κ2) is 7.81. The summed E-state index contributed by atoms with van der Waals surface area (Å²) in [5.74, 6) is 1.54. The average molecular weight is 363 g/mol. The van der Waals surface area contributed by atoms with Crippen molar-refractivity contribution in [1.29, 1.82) is 0 Å². The molecule has 0 aliphatic rings. The maximum atomic E-state index is 12.0. The molecule has 0 bridgehead atoms. The van der Waals surface area contributed by atoms with Crippen LogP contribution in [0.3, 0.4) is 0 Å². The Hall–Kier alpha value is -0.520. The minimum absolute atomic E-state index is 0.00394. The van der Waals surface area contributed by atoms with Gasteiger partial charge < -0.3 is 9.73 Å². The predicted octanol–water partition coefficient (Wildman–Crippen LogP) is 3.93. The van der Waals surface area contributed by atoms with Crippen molar-refractivity contribution in [2.24, 2.45) is 0 Å². The van der Waals surface area contributed by atoms with Gasteiger partial charge in [-0.1, -0.05) is 35.4 Å². The monoisotopic (exact) mass is 363 g/mol. The molecular weight excluding hydrogens is 341 g/mol. The highest BCUT2D eigenvalue weighted by atomic mass is 127. The molecule has 0 aromatic carbocycles. The summed E-state index contributed by atoms with van der Waals surface area (Å²) < 4.78 is 6.68. The molecule has 0 spiro atoms. The van der Waals surface area contributed by atoms with Crippen molar-refractivity contribution < 1.29 is 9.21 Å². The van der Waals surface area contributed by atoms with Crippen molar-refractivity contribution >= 4 is 28.5 Å². The van der Waals surface area contributed by atoms with Crippen molar-refractivity contribution in [3.63, 3.8) is 0 Å². The first-order valence-corrected chi connectivity index (χ1v) is 8.01. The second-order valence-corrected chi connectivity index (χ2v) is 5.65. The summed E-state index contributed by atoms with van der Waals surface area (Å²) in [7, 11) is 0. The fourth-order valence-corrected chi connectivity index (χ4v) is 2.53. The highest BCUT2D eigenvalue weighted by Crippen LogP contribution is 2.20. The van der Waals surface area contributed by atoms with Gasteiger partial charge in [0.25, 0.3) is 5.91 Å².